The molecule has 0 fully saturated rings. The van der Waals surface area contributed by atoms with Gasteiger partial charge in [0.25, 0.3) is 0 Å². The predicted molar refractivity (Wildman–Crippen MR) is 83.3 cm³/mol. The second-order valence-corrected chi connectivity index (χ2v) is 5.19. The molecule has 4 aromatic heterocycles. The summed E-state index contributed by atoms with van der Waals surface area (Å²) < 4.78 is 1.78. The van der Waals surface area contributed by atoms with Crippen molar-refractivity contribution in [3.05, 3.63) is 54.2 Å². The SMILES string of the molecule is Cc1cccc(-c2n[nH]cc2-c2ccc3nc(C)nn3c2)n1. The molecule has 0 aliphatic heterocycles. The van der Waals surface area contributed by atoms with Crippen LogP contribution in [0.15, 0.2) is 42.7 Å². The van der Waals surface area contributed by atoms with Gasteiger partial charge < -0.3 is 0 Å². The zero-order valence-corrected chi connectivity index (χ0v) is 12.3. The Labute approximate surface area is 126 Å². The van der Waals surface area contributed by atoms with Gasteiger partial charge in [0.1, 0.15) is 11.5 Å². The van der Waals surface area contributed by atoms with Crippen LogP contribution in [0.2, 0.25) is 0 Å². The van der Waals surface area contributed by atoms with E-state index in [1.165, 1.54) is 0 Å². The molecule has 0 radical (unpaired) electrons. The summed E-state index contributed by atoms with van der Waals surface area (Å²) in [5.74, 6) is 0.755. The number of fused-ring (bicyclic) bond motifs is 1. The Bertz CT molecular complexity index is 966. The molecule has 6 nitrogen and oxygen atoms in total. The van der Waals surface area contributed by atoms with Crippen molar-refractivity contribution in [1.82, 2.24) is 29.8 Å². The van der Waals surface area contributed by atoms with Gasteiger partial charge in [0, 0.05) is 29.2 Å². The molecule has 4 rings (SSSR count). The summed E-state index contributed by atoms with van der Waals surface area (Å²) in [5, 5.41) is 11.6. The molecule has 108 valence electrons. The van der Waals surface area contributed by atoms with Gasteiger partial charge >= 0.3 is 0 Å². The molecule has 0 aromatic carbocycles. The van der Waals surface area contributed by atoms with E-state index in [-0.39, 0.29) is 0 Å². The van der Waals surface area contributed by atoms with E-state index < -0.39 is 0 Å². The number of rotatable bonds is 2. The van der Waals surface area contributed by atoms with Crippen LogP contribution in [0.4, 0.5) is 0 Å². The largest absolute Gasteiger partial charge is 0.284 e. The number of aromatic amines is 1. The second-order valence-electron chi connectivity index (χ2n) is 5.19. The first-order chi connectivity index (χ1) is 10.7. The van der Waals surface area contributed by atoms with Crippen molar-refractivity contribution in [2.24, 2.45) is 0 Å². The fraction of sp³-hybridized carbons (Fsp3) is 0.125. The molecule has 6 heteroatoms. The van der Waals surface area contributed by atoms with Gasteiger partial charge in [-0.05, 0) is 38.1 Å². The Hall–Kier alpha value is -3.02. The van der Waals surface area contributed by atoms with Gasteiger partial charge in [-0.3, -0.25) is 10.1 Å². The second kappa shape index (κ2) is 4.77. The number of aromatic nitrogens is 6. The minimum absolute atomic E-state index is 0.755. The summed E-state index contributed by atoms with van der Waals surface area (Å²) in [6, 6.07) is 9.90. The maximum Gasteiger partial charge on any atom is 0.155 e. The van der Waals surface area contributed by atoms with Crippen molar-refractivity contribution < 1.29 is 0 Å². The predicted octanol–water partition coefficient (Wildman–Crippen LogP) is 2.80. The fourth-order valence-corrected chi connectivity index (χ4v) is 2.53. The summed E-state index contributed by atoms with van der Waals surface area (Å²) in [6.07, 6.45) is 3.84. The number of nitrogens with zero attached hydrogens (tertiary/aromatic N) is 5. The smallest absolute Gasteiger partial charge is 0.155 e. The highest BCUT2D eigenvalue weighted by molar-refractivity contribution is 5.78. The Morgan fingerprint density at radius 1 is 1.05 bits per heavy atom. The van der Waals surface area contributed by atoms with Crippen molar-refractivity contribution in [3.63, 3.8) is 0 Å². The Kier molecular flexibility index (Phi) is 2.75. The number of H-pyrrole nitrogens is 1. The minimum Gasteiger partial charge on any atom is -0.284 e. The van der Waals surface area contributed by atoms with Crippen molar-refractivity contribution >= 4 is 5.65 Å². The average molecular weight is 290 g/mol. The molecular formula is C16H14N6. The number of hydrogen-bond donors (Lipinski definition) is 1. The molecule has 0 bridgehead atoms. The van der Waals surface area contributed by atoms with Crippen LogP contribution < -0.4 is 0 Å². The normalized spacial score (nSPS) is 11.2. The molecule has 4 heterocycles. The van der Waals surface area contributed by atoms with Crippen LogP contribution in [0.25, 0.3) is 28.2 Å². The van der Waals surface area contributed by atoms with E-state index in [2.05, 4.69) is 25.3 Å². The van der Waals surface area contributed by atoms with Crippen LogP contribution in [-0.2, 0) is 0 Å². The first kappa shape index (κ1) is 12.7. The van der Waals surface area contributed by atoms with Crippen molar-refractivity contribution in [1.29, 1.82) is 0 Å². The molecule has 0 amide bonds. The van der Waals surface area contributed by atoms with Gasteiger partial charge in [-0.25, -0.2) is 9.50 Å². The van der Waals surface area contributed by atoms with Crippen molar-refractivity contribution in [3.8, 4) is 22.5 Å². The standard InChI is InChI=1S/C16H14N6/c1-10-4-3-5-14(18-10)16-13(8-17-20-16)12-6-7-15-19-11(2)21-22(15)9-12/h3-9H,1-2H3,(H,17,20). The molecular weight excluding hydrogens is 276 g/mol. The van der Waals surface area contributed by atoms with Gasteiger partial charge in [0.2, 0.25) is 0 Å². The zero-order chi connectivity index (χ0) is 15.1. The third-order valence-corrected chi connectivity index (χ3v) is 3.52. The number of pyridine rings is 2. The van der Waals surface area contributed by atoms with E-state index in [1.807, 2.05) is 56.6 Å². The number of aryl methyl sites for hydroxylation is 2. The number of nitrogens with one attached hydrogen (secondary N) is 1. The van der Waals surface area contributed by atoms with Gasteiger partial charge in [0.05, 0.1) is 5.69 Å². The summed E-state index contributed by atoms with van der Waals surface area (Å²) in [6.45, 7) is 3.85. The van der Waals surface area contributed by atoms with Crippen LogP contribution >= 0.6 is 0 Å². The summed E-state index contributed by atoms with van der Waals surface area (Å²) >= 11 is 0. The lowest BCUT2D eigenvalue weighted by Gasteiger charge is -2.03. The Morgan fingerprint density at radius 3 is 2.82 bits per heavy atom. The molecule has 0 aliphatic rings. The molecule has 1 N–H and O–H groups in total. The molecule has 0 saturated carbocycles. The fourth-order valence-electron chi connectivity index (χ4n) is 2.53. The molecule has 0 spiro atoms. The van der Waals surface area contributed by atoms with Gasteiger partial charge in [-0.2, -0.15) is 10.2 Å². The third-order valence-electron chi connectivity index (χ3n) is 3.52. The Balaban J connectivity index is 1.87. The van der Waals surface area contributed by atoms with E-state index in [0.717, 1.165) is 39.7 Å². The van der Waals surface area contributed by atoms with Crippen LogP contribution in [0.5, 0.6) is 0 Å². The lowest BCUT2D eigenvalue weighted by Crippen LogP contribution is -1.91. The van der Waals surface area contributed by atoms with Gasteiger partial charge in [0.15, 0.2) is 5.65 Å². The molecule has 0 aliphatic carbocycles. The molecule has 0 unspecified atom stereocenters. The van der Waals surface area contributed by atoms with Gasteiger partial charge in [-0.1, -0.05) is 6.07 Å². The molecule has 4 aromatic rings. The van der Waals surface area contributed by atoms with E-state index in [9.17, 15) is 0 Å². The summed E-state index contributed by atoms with van der Waals surface area (Å²) in [4.78, 5) is 8.89. The Morgan fingerprint density at radius 2 is 1.95 bits per heavy atom. The van der Waals surface area contributed by atoms with Crippen LogP contribution in [0.3, 0.4) is 0 Å². The van der Waals surface area contributed by atoms with Crippen molar-refractivity contribution in [2.45, 2.75) is 13.8 Å². The highest BCUT2D eigenvalue weighted by Crippen LogP contribution is 2.29. The van der Waals surface area contributed by atoms with Crippen LogP contribution in [0.1, 0.15) is 11.5 Å². The number of hydrogen-bond acceptors (Lipinski definition) is 4. The lowest BCUT2D eigenvalue weighted by atomic mass is 10.1. The van der Waals surface area contributed by atoms with Crippen LogP contribution in [0, 0.1) is 13.8 Å². The quantitative estimate of drug-likeness (QED) is 0.616. The van der Waals surface area contributed by atoms with Crippen LogP contribution in [-0.4, -0.2) is 29.8 Å². The van der Waals surface area contributed by atoms with E-state index in [4.69, 9.17) is 0 Å². The topological polar surface area (TPSA) is 71.8 Å². The van der Waals surface area contributed by atoms with E-state index in [1.54, 1.807) is 4.52 Å². The first-order valence-corrected chi connectivity index (χ1v) is 7.02. The molecule has 0 saturated heterocycles. The molecule has 0 atom stereocenters. The zero-order valence-electron chi connectivity index (χ0n) is 12.3. The summed E-state index contributed by atoms with van der Waals surface area (Å²) in [7, 11) is 0. The van der Waals surface area contributed by atoms with E-state index >= 15 is 0 Å². The molecule has 22 heavy (non-hydrogen) atoms. The monoisotopic (exact) mass is 290 g/mol. The highest BCUT2D eigenvalue weighted by Gasteiger charge is 2.13. The first-order valence-electron chi connectivity index (χ1n) is 7.02. The minimum atomic E-state index is 0.755. The maximum absolute atomic E-state index is 4.55. The lowest BCUT2D eigenvalue weighted by molar-refractivity contribution is 0.932. The third kappa shape index (κ3) is 2.05. The van der Waals surface area contributed by atoms with E-state index in [0.29, 0.717) is 0 Å². The highest BCUT2D eigenvalue weighted by atomic mass is 15.3. The van der Waals surface area contributed by atoms with Gasteiger partial charge in [-0.15, -0.1) is 0 Å². The summed E-state index contributed by atoms with van der Waals surface area (Å²) in [5.41, 5.74) is 5.50. The average Bonchev–Trinajstić information content (AvgIpc) is 3.11. The van der Waals surface area contributed by atoms with Crippen molar-refractivity contribution in [2.75, 3.05) is 0 Å². The maximum atomic E-state index is 4.55.